The second-order valence-electron chi connectivity index (χ2n) is 7.74. The van der Waals surface area contributed by atoms with Gasteiger partial charge in [-0.15, -0.1) is 0 Å². The number of nitrogens with zero attached hydrogens (tertiary/aromatic N) is 1. The van der Waals surface area contributed by atoms with Crippen molar-refractivity contribution in [1.29, 1.82) is 0 Å². The first-order chi connectivity index (χ1) is 15.4. The molecule has 0 bridgehead atoms. The Morgan fingerprint density at radius 2 is 1.75 bits per heavy atom. The van der Waals surface area contributed by atoms with Gasteiger partial charge in [0.05, 0.1) is 10.4 Å². The summed E-state index contributed by atoms with van der Waals surface area (Å²) in [5, 5.41) is 10.8. The molecule has 1 fully saturated rings. The zero-order valence-electron chi connectivity index (χ0n) is 16.8. The summed E-state index contributed by atoms with van der Waals surface area (Å²) in [6.07, 6.45) is 1.83. The van der Waals surface area contributed by atoms with Crippen molar-refractivity contribution in [2.75, 3.05) is 10.0 Å². The highest BCUT2D eigenvalue weighted by Gasteiger charge is 2.30. The minimum atomic E-state index is -3.85. The Morgan fingerprint density at radius 1 is 1.00 bits per heavy atom. The fraction of sp³-hybridized carbons (Fsp3) is 0.130. The Hall–Kier alpha value is -3.72. The summed E-state index contributed by atoms with van der Waals surface area (Å²) in [6.45, 7) is 0. The molecule has 1 amide bonds. The maximum absolute atomic E-state index is 13.1. The maximum Gasteiger partial charge on any atom is 0.261 e. The molecule has 0 radical (unpaired) electrons. The number of anilines is 2. The van der Waals surface area contributed by atoms with Crippen LogP contribution in [0.25, 0.3) is 22.0 Å². The quantitative estimate of drug-likeness (QED) is 0.402. The molecule has 3 aromatic carbocycles. The van der Waals surface area contributed by atoms with E-state index in [4.69, 9.17) is 0 Å². The van der Waals surface area contributed by atoms with E-state index >= 15 is 0 Å². The number of carbonyl (C=O) groups excluding carboxylic acids is 1. The molecule has 0 atom stereocenters. The Morgan fingerprint density at radius 3 is 2.50 bits per heavy atom. The molecule has 1 aromatic heterocycles. The maximum atomic E-state index is 13.1. The summed E-state index contributed by atoms with van der Waals surface area (Å²) in [7, 11) is -3.85. The van der Waals surface area contributed by atoms with Gasteiger partial charge >= 0.3 is 0 Å². The third kappa shape index (κ3) is 4.06. The number of hydrogen-bond donors (Lipinski definition) is 3. The smallest absolute Gasteiger partial charge is 0.261 e. The van der Waals surface area contributed by atoms with Crippen LogP contribution in [0.1, 0.15) is 12.8 Å². The van der Waals surface area contributed by atoms with Crippen molar-refractivity contribution in [3.8, 4) is 11.1 Å². The third-order valence-electron chi connectivity index (χ3n) is 5.32. The monoisotopic (exact) mass is 450 g/mol. The van der Waals surface area contributed by atoms with Crippen LogP contribution in [0.5, 0.6) is 0 Å². The summed E-state index contributed by atoms with van der Waals surface area (Å²) in [5.74, 6) is 0.0748. The molecule has 9 heteroatoms. The van der Waals surface area contributed by atoms with E-state index in [0.29, 0.717) is 11.5 Å². The number of aromatic amines is 1. The molecule has 32 heavy (non-hydrogen) atoms. The number of H-pyrrole nitrogens is 1. The van der Waals surface area contributed by atoms with E-state index in [1.165, 1.54) is 12.1 Å². The predicted octanol–water partition coefficient (Wildman–Crippen LogP) is 4.52. The average Bonchev–Trinajstić information content (AvgIpc) is 3.56. The van der Waals surface area contributed by atoms with Crippen LogP contribution in [0, 0.1) is 11.7 Å². The molecule has 1 saturated carbocycles. The first-order valence-electron chi connectivity index (χ1n) is 10.1. The normalized spacial score (nSPS) is 13.8. The van der Waals surface area contributed by atoms with Crippen LogP contribution in [-0.4, -0.2) is 24.5 Å². The van der Waals surface area contributed by atoms with Gasteiger partial charge in [-0.25, -0.2) is 12.8 Å². The van der Waals surface area contributed by atoms with Gasteiger partial charge in [-0.2, -0.15) is 5.10 Å². The lowest BCUT2D eigenvalue weighted by Gasteiger charge is -2.10. The van der Waals surface area contributed by atoms with Gasteiger partial charge in [0.15, 0.2) is 5.82 Å². The first kappa shape index (κ1) is 20.2. The van der Waals surface area contributed by atoms with E-state index in [1.807, 2.05) is 24.3 Å². The van der Waals surface area contributed by atoms with E-state index < -0.39 is 15.8 Å². The van der Waals surface area contributed by atoms with Crippen LogP contribution < -0.4 is 10.0 Å². The molecule has 0 unspecified atom stereocenters. The van der Waals surface area contributed by atoms with Crippen LogP contribution in [0.3, 0.4) is 0 Å². The molecule has 1 aliphatic carbocycles. The van der Waals surface area contributed by atoms with Crippen molar-refractivity contribution in [1.82, 2.24) is 10.2 Å². The molecule has 7 nitrogen and oxygen atoms in total. The van der Waals surface area contributed by atoms with E-state index in [0.717, 1.165) is 47.0 Å². The van der Waals surface area contributed by atoms with Gasteiger partial charge < -0.3 is 5.32 Å². The van der Waals surface area contributed by atoms with Gasteiger partial charge in [-0.3, -0.25) is 14.6 Å². The number of halogens is 1. The molecule has 1 heterocycles. The van der Waals surface area contributed by atoms with Crippen LogP contribution >= 0.6 is 0 Å². The van der Waals surface area contributed by atoms with E-state index in [1.54, 1.807) is 18.2 Å². The standard InChI is InChI=1S/C23H19FN4O3S/c24-17-7-9-19(10-8-17)32(30,31)28-18-3-1-2-15(12-18)16-6-11-20-21(13-16)26-27-22(20)25-23(29)14-4-5-14/h1-3,6-14,28H,4-5H2,(H2,25,26,27,29). The Kier molecular flexibility index (Phi) is 4.90. The highest BCUT2D eigenvalue weighted by atomic mass is 32.2. The second-order valence-corrected chi connectivity index (χ2v) is 9.42. The van der Waals surface area contributed by atoms with Crippen molar-refractivity contribution in [2.45, 2.75) is 17.7 Å². The number of fused-ring (bicyclic) bond motifs is 1. The summed E-state index contributed by atoms with van der Waals surface area (Å²) in [4.78, 5) is 12.0. The summed E-state index contributed by atoms with van der Waals surface area (Å²) >= 11 is 0. The van der Waals surface area contributed by atoms with E-state index in [9.17, 15) is 17.6 Å². The van der Waals surface area contributed by atoms with Crippen molar-refractivity contribution >= 4 is 38.3 Å². The van der Waals surface area contributed by atoms with Crippen molar-refractivity contribution in [3.05, 3.63) is 72.5 Å². The number of aromatic nitrogens is 2. The highest BCUT2D eigenvalue weighted by Crippen LogP contribution is 2.32. The highest BCUT2D eigenvalue weighted by molar-refractivity contribution is 7.92. The number of nitrogens with one attached hydrogen (secondary N) is 3. The van der Waals surface area contributed by atoms with Crippen LogP contribution in [0.4, 0.5) is 15.9 Å². The fourth-order valence-electron chi connectivity index (χ4n) is 3.45. The largest absolute Gasteiger partial charge is 0.308 e. The topological polar surface area (TPSA) is 104 Å². The summed E-state index contributed by atoms with van der Waals surface area (Å²) in [6, 6.07) is 17.3. The van der Waals surface area contributed by atoms with E-state index in [2.05, 4.69) is 20.2 Å². The molecule has 0 spiro atoms. The Labute approximate surface area is 183 Å². The molecule has 5 rings (SSSR count). The van der Waals surface area contributed by atoms with Crippen LogP contribution in [-0.2, 0) is 14.8 Å². The Bertz CT molecular complexity index is 1430. The fourth-order valence-corrected chi connectivity index (χ4v) is 4.50. The average molecular weight is 450 g/mol. The number of rotatable bonds is 6. The number of hydrogen-bond acceptors (Lipinski definition) is 4. The summed E-state index contributed by atoms with van der Waals surface area (Å²) in [5.41, 5.74) is 2.79. The molecule has 4 aromatic rings. The van der Waals surface area contributed by atoms with E-state index in [-0.39, 0.29) is 16.7 Å². The summed E-state index contributed by atoms with van der Waals surface area (Å²) < 4.78 is 40.8. The molecule has 1 aliphatic rings. The van der Waals surface area contributed by atoms with Crippen molar-refractivity contribution in [3.63, 3.8) is 0 Å². The molecule has 0 aliphatic heterocycles. The number of amides is 1. The van der Waals surface area contributed by atoms with Gasteiger partial charge in [-0.1, -0.05) is 18.2 Å². The SMILES string of the molecule is O=C(Nc1n[nH]c2cc(-c3cccc(NS(=O)(=O)c4ccc(F)cc4)c3)ccc12)C1CC1. The number of sulfonamides is 1. The van der Waals surface area contributed by atoms with Gasteiger partial charge in [0.1, 0.15) is 5.82 Å². The van der Waals surface area contributed by atoms with Crippen LogP contribution in [0.2, 0.25) is 0 Å². The number of carbonyl (C=O) groups is 1. The molecular weight excluding hydrogens is 431 g/mol. The minimum absolute atomic E-state index is 0.0105. The molecular formula is C23H19FN4O3S. The molecule has 162 valence electrons. The Balaban J connectivity index is 1.40. The lowest BCUT2D eigenvalue weighted by Crippen LogP contribution is -2.13. The number of benzene rings is 3. The third-order valence-corrected chi connectivity index (χ3v) is 6.72. The zero-order valence-corrected chi connectivity index (χ0v) is 17.6. The van der Waals surface area contributed by atoms with Gasteiger partial charge in [-0.05, 0) is 72.5 Å². The lowest BCUT2D eigenvalue weighted by molar-refractivity contribution is -0.117. The second kappa shape index (κ2) is 7.76. The predicted molar refractivity (Wildman–Crippen MR) is 120 cm³/mol. The lowest BCUT2D eigenvalue weighted by atomic mass is 10.0. The molecule has 3 N–H and O–H groups in total. The van der Waals surface area contributed by atoms with Gasteiger partial charge in [0.25, 0.3) is 10.0 Å². The van der Waals surface area contributed by atoms with Crippen molar-refractivity contribution < 1.29 is 17.6 Å². The minimum Gasteiger partial charge on any atom is -0.308 e. The van der Waals surface area contributed by atoms with Gasteiger partial charge in [0, 0.05) is 17.0 Å². The van der Waals surface area contributed by atoms with Crippen LogP contribution in [0.15, 0.2) is 71.6 Å². The molecule has 0 saturated heterocycles. The van der Waals surface area contributed by atoms with Gasteiger partial charge in [0.2, 0.25) is 5.91 Å². The van der Waals surface area contributed by atoms with Crippen molar-refractivity contribution in [2.24, 2.45) is 5.92 Å². The zero-order chi connectivity index (χ0) is 22.3. The first-order valence-corrected chi connectivity index (χ1v) is 11.6.